The molecule has 17 heavy (non-hydrogen) atoms. The Morgan fingerprint density at radius 2 is 2.35 bits per heavy atom. The number of nitrogens with one attached hydrogen (secondary N) is 1. The molecule has 1 N–H and O–H groups in total. The second-order valence-corrected chi connectivity index (χ2v) is 5.28. The Balaban J connectivity index is 1.72. The average Bonchev–Trinajstić information content (AvgIpc) is 2.89. The van der Waals surface area contributed by atoms with Crippen molar-refractivity contribution in [3.05, 3.63) is 46.2 Å². The van der Waals surface area contributed by atoms with E-state index in [1.54, 1.807) is 11.3 Å². The molecule has 3 rings (SSSR count). The van der Waals surface area contributed by atoms with Gasteiger partial charge in [-0.15, -0.1) is 11.3 Å². The van der Waals surface area contributed by atoms with Gasteiger partial charge in [0.1, 0.15) is 5.01 Å². The third kappa shape index (κ3) is 2.37. The van der Waals surface area contributed by atoms with Crippen molar-refractivity contribution in [2.75, 3.05) is 0 Å². The first-order valence-electron chi connectivity index (χ1n) is 5.99. The number of hydrogen-bond acceptors (Lipinski definition) is 4. The zero-order chi connectivity index (χ0) is 11.5. The fourth-order valence-electron chi connectivity index (χ4n) is 2.36. The largest absolute Gasteiger partial charge is 0.302 e. The molecule has 0 aliphatic heterocycles. The lowest BCUT2D eigenvalue weighted by atomic mass is 9.92. The molecule has 1 atom stereocenters. The molecular weight excluding hydrogens is 230 g/mol. The minimum absolute atomic E-state index is 0.392. The highest BCUT2D eigenvalue weighted by atomic mass is 32.1. The van der Waals surface area contributed by atoms with Gasteiger partial charge in [0.15, 0.2) is 0 Å². The molecule has 0 aromatic carbocycles. The van der Waals surface area contributed by atoms with Gasteiger partial charge < -0.3 is 5.32 Å². The van der Waals surface area contributed by atoms with Gasteiger partial charge in [-0.3, -0.25) is 4.98 Å². The molecule has 2 aromatic heterocycles. The summed E-state index contributed by atoms with van der Waals surface area (Å²) in [5.41, 5.74) is 2.63. The predicted octanol–water partition coefficient (Wildman–Crippen LogP) is 2.71. The molecular formula is C13H15N3S. The zero-order valence-corrected chi connectivity index (χ0v) is 10.4. The summed E-state index contributed by atoms with van der Waals surface area (Å²) >= 11 is 1.70. The highest BCUT2D eigenvalue weighted by molar-refractivity contribution is 7.09. The van der Waals surface area contributed by atoms with Gasteiger partial charge in [0.05, 0.1) is 11.7 Å². The van der Waals surface area contributed by atoms with Gasteiger partial charge in [-0.2, -0.15) is 0 Å². The highest BCUT2D eigenvalue weighted by Crippen LogP contribution is 2.27. The Hall–Kier alpha value is -1.26. The molecule has 0 radical (unpaired) electrons. The monoisotopic (exact) mass is 245 g/mol. The summed E-state index contributed by atoms with van der Waals surface area (Å²) in [6, 6.07) is 4.62. The average molecular weight is 245 g/mol. The number of pyridine rings is 1. The van der Waals surface area contributed by atoms with E-state index in [9.17, 15) is 0 Å². The fraction of sp³-hybridized carbons (Fsp3) is 0.385. The molecule has 1 aliphatic carbocycles. The van der Waals surface area contributed by atoms with E-state index >= 15 is 0 Å². The number of thiazole rings is 1. The van der Waals surface area contributed by atoms with Crippen LogP contribution in [0, 0.1) is 0 Å². The van der Waals surface area contributed by atoms with Gasteiger partial charge in [-0.25, -0.2) is 4.98 Å². The molecule has 0 amide bonds. The van der Waals surface area contributed by atoms with Gasteiger partial charge in [0.2, 0.25) is 0 Å². The van der Waals surface area contributed by atoms with Crippen LogP contribution in [-0.4, -0.2) is 9.97 Å². The second-order valence-electron chi connectivity index (χ2n) is 4.30. The van der Waals surface area contributed by atoms with Crippen molar-refractivity contribution < 1.29 is 0 Å². The van der Waals surface area contributed by atoms with Crippen molar-refractivity contribution in [3.8, 4) is 0 Å². The molecule has 0 saturated heterocycles. The lowest BCUT2D eigenvalue weighted by Crippen LogP contribution is -2.25. The van der Waals surface area contributed by atoms with Gasteiger partial charge in [0.25, 0.3) is 0 Å². The number of aryl methyl sites for hydroxylation is 1. The molecule has 0 bridgehead atoms. The molecule has 0 fully saturated rings. The molecule has 0 saturated carbocycles. The SMILES string of the molecule is c1cnc2c(c1)CCCC2NCc1nccs1. The fourth-order valence-corrected chi connectivity index (χ4v) is 2.93. The summed E-state index contributed by atoms with van der Waals surface area (Å²) in [7, 11) is 0. The first-order chi connectivity index (χ1) is 8.43. The molecule has 1 unspecified atom stereocenters. The van der Waals surface area contributed by atoms with Crippen molar-refractivity contribution in [2.45, 2.75) is 31.8 Å². The van der Waals surface area contributed by atoms with Gasteiger partial charge in [-0.1, -0.05) is 6.07 Å². The van der Waals surface area contributed by atoms with Gasteiger partial charge in [0, 0.05) is 24.3 Å². The Morgan fingerprint density at radius 3 is 3.24 bits per heavy atom. The van der Waals surface area contributed by atoms with Crippen LogP contribution in [-0.2, 0) is 13.0 Å². The Bertz CT molecular complexity index is 481. The molecule has 3 nitrogen and oxygen atoms in total. The van der Waals surface area contributed by atoms with Crippen LogP contribution in [0.25, 0.3) is 0 Å². The number of hydrogen-bond donors (Lipinski definition) is 1. The van der Waals surface area contributed by atoms with Crippen LogP contribution < -0.4 is 5.32 Å². The topological polar surface area (TPSA) is 37.8 Å². The van der Waals surface area contributed by atoms with Crippen molar-refractivity contribution in [1.82, 2.24) is 15.3 Å². The van der Waals surface area contributed by atoms with Crippen LogP contribution in [0.4, 0.5) is 0 Å². The van der Waals surface area contributed by atoms with E-state index in [4.69, 9.17) is 0 Å². The molecule has 2 heterocycles. The van der Waals surface area contributed by atoms with Gasteiger partial charge in [-0.05, 0) is 30.9 Å². The maximum atomic E-state index is 4.52. The lowest BCUT2D eigenvalue weighted by Gasteiger charge is -2.24. The van der Waals surface area contributed by atoms with Crippen LogP contribution >= 0.6 is 11.3 Å². The normalized spacial score (nSPS) is 18.9. The van der Waals surface area contributed by atoms with E-state index in [2.05, 4.69) is 21.4 Å². The standard InChI is InChI=1S/C13H15N3S/c1-3-10-4-2-6-15-13(10)11(5-1)16-9-12-14-7-8-17-12/h2,4,6-8,11,16H,1,3,5,9H2. The third-order valence-corrected chi connectivity index (χ3v) is 3.96. The Morgan fingerprint density at radius 1 is 1.35 bits per heavy atom. The summed E-state index contributed by atoms with van der Waals surface area (Å²) in [5, 5.41) is 6.73. The first-order valence-corrected chi connectivity index (χ1v) is 6.87. The maximum absolute atomic E-state index is 4.52. The minimum Gasteiger partial charge on any atom is -0.302 e. The van der Waals surface area contributed by atoms with Crippen LogP contribution in [0.15, 0.2) is 29.9 Å². The first kappa shape index (κ1) is 10.9. The summed E-state index contributed by atoms with van der Waals surface area (Å²) in [5.74, 6) is 0. The maximum Gasteiger partial charge on any atom is 0.106 e. The summed E-state index contributed by atoms with van der Waals surface area (Å²) in [6.45, 7) is 0.846. The second kappa shape index (κ2) is 4.94. The molecule has 2 aromatic rings. The van der Waals surface area contributed by atoms with Crippen LogP contribution in [0.3, 0.4) is 0 Å². The van der Waals surface area contributed by atoms with Crippen LogP contribution in [0.5, 0.6) is 0 Å². The summed E-state index contributed by atoms with van der Waals surface area (Å²) in [4.78, 5) is 8.81. The predicted molar refractivity (Wildman–Crippen MR) is 68.9 cm³/mol. The number of aromatic nitrogens is 2. The highest BCUT2D eigenvalue weighted by Gasteiger charge is 2.20. The van der Waals surface area contributed by atoms with E-state index < -0.39 is 0 Å². The third-order valence-electron chi connectivity index (χ3n) is 3.18. The lowest BCUT2D eigenvalue weighted by molar-refractivity contribution is 0.447. The minimum atomic E-state index is 0.392. The van der Waals surface area contributed by atoms with Crippen LogP contribution in [0.1, 0.15) is 35.1 Å². The number of rotatable bonds is 3. The Labute approximate surface area is 105 Å². The summed E-state index contributed by atoms with van der Waals surface area (Å²) < 4.78 is 0. The van der Waals surface area contributed by atoms with E-state index in [0.29, 0.717) is 6.04 Å². The van der Waals surface area contributed by atoms with Crippen molar-refractivity contribution in [2.24, 2.45) is 0 Å². The summed E-state index contributed by atoms with van der Waals surface area (Å²) in [6.07, 6.45) is 7.33. The van der Waals surface area contributed by atoms with Crippen molar-refractivity contribution in [3.63, 3.8) is 0 Å². The quantitative estimate of drug-likeness (QED) is 0.903. The van der Waals surface area contributed by atoms with Crippen molar-refractivity contribution in [1.29, 1.82) is 0 Å². The van der Waals surface area contributed by atoms with Crippen LogP contribution in [0.2, 0.25) is 0 Å². The zero-order valence-electron chi connectivity index (χ0n) is 9.60. The van der Waals surface area contributed by atoms with E-state index in [1.165, 1.54) is 30.5 Å². The molecule has 1 aliphatic rings. The number of nitrogens with zero attached hydrogens (tertiary/aromatic N) is 2. The number of fused-ring (bicyclic) bond motifs is 1. The van der Waals surface area contributed by atoms with Crippen molar-refractivity contribution >= 4 is 11.3 Å². The van der Waals surface area contributed by atoms with E-state index in [1.807, 2.05) is 23.8 Å². The molecule has 4 heteroatoms. The Kier molecular flexibility index (Phi) is 3.16. The van der Waals surface area contributed by atoms with Gasteiger partial charge >= 0.3 is 0 Å². The van der Waals surface area contributed by atoms with E-state index in [-0.39, 0.29) is 0 Å². The van der Waals surface area contributed by atoms with E-state index in [0.717, 1.165) is 11.6 Å². The smallest absolute Gasteiger partial charge is 0.106 e. The molecule has 0 spiro atoms. The molecule has 88 valence electrons.